The van der Waals surface area contributed by atoms with E-state index in [1.165, 1.54) is 6.20 Å². The maximum Gasteiger partial charge on any atom is 0.469 e. The number of aromatic amines is 1. The van der Waals surface area contributed by atoms with Gasteiger partial charge in [0.25, 0.3) is 5.56 Å². The molecule has 2 rings (SSSR count). The van der Waals surface area contributed by atoms with Gasteiger partial charge < -0.3 is 19.6 Å². The van der Waals surface area contributed by atoms with Gasteiger partial charge in [-0.1, -0.05) is 6.08 Å². The molecule has 122 valence electrons. The van der Waals surface area contributed by atoms with Crippen molar-refractivity contribution in [1.82, 2.24) is 9.55 Å². The Balaban J connectivity index is 2.26. The highest BCUT2D eigenvalue weighted by Gasteiger charge is 2.48. The van der Waals surface area contributed by atoms with Crippen LogP contribution in [0.4, 0.5) is 0 Å². The molecule has 1 aliphatic rings. The van der Waals surface area contributed by atoms with E-state index in [2.05, 4.69) is 11.1 Å². The number of H-pyrrole nitrogens is 1. The number of nitrogens with zero attached hydrogens (tertiary/aromatic N) is 1. The number of nitrogens with one attached hydrogen (secondary N) is 1. The topological polar surface area (TPSA) is 151 Å². The van der Waals surface area contributed by atoms with E-state index >= 15 is 0 Å². The van der Waals surface area contributed by atoms with Crippen molar-refractivity contribution in [3.63, 3.8) is 0 Å². The Morgan fingerprint density at radius 3 is 2.82 bits per heavy atom. The molecule has 0 unspecified atom stereocenters. The molecule has 0 amide bonds. The Bertz CT molecular complexity index is 721. The van der Waals surface area contributed by atoms with E-state index in [9.17, 15) is 19.3 Å². The lowest BCUT2D eigenvalue weighted by molar-refractivity contribution is -0.0956. The fraction of sp³-hybridized carbons (Fsp3) is 0.455. The van der Waals surface area contributed by atoms with Crippen LogP contribution in [0.25, 0.3) is 0 Å². The van der Waals surface area contributed by atoms with Crippen LogP contribution in [0.5, 0.6) is 0 Å². The van der Waals surface area contributed by atoms with Gasteiger partial charge in [-0.25, -0.2) is 9.36 Å². The van der Waals surface area contributed by atoms with E-state index in [0.29, 0.717) is 0 Å². The van der Waals surface area contributed by atoms with Crippen molar-refractivity contribution in [3.8, 4) is 0 Å². The first-order valence-electron chi connectivity index (χ1n) is 6.18. The fourth-order valence-electron chi connectivity index (χ4n) is 2.15. The van der Waals surface area contributed by atoms with Gasteiger partial charge in [0.1, 0.15) is 11.8 Å². The van der Waals surface area contributed by atoms with Gasteiger partial charge in [0, 0.05) is 18.7 Å². The average molecular weight is 334 g/mol. The summed E-state index contributed by atoms with van der Waals surface area (Å²) in [6, 6.07) is 1.11. The van der Waals surface area contributed by atoms with Crippen molar-refractivity contribution in [2.24, 2.45) is 0 Å². The molecule has 1 aromatic rings. The molecule has 22 heavy (non-hydrogen) atoms. The number of hydrogen-bond donors (Lipinski definition) is 4. The van der Waals surface area contributed by atoms with Gasteiger partial charge in [-0.2, -0.15) is 0 Å². The first-order chi connectivity index (χ1) is 10.2. The molecular formula is C11H15N2O8P. The Morgan fingerprint density at radius 2 is 2.27 bits per heavy atom. The lowest BCUT2D eigenvalue weighted by atomic mass is 9.98. The molecule has 1 aromatic heterocycles. The predicted octanol–water partition coefficient (Wildman–Crippen LogP) is -1.15. The van der Waals surface area contributed by atoms with Crippen LogP contribution >= 0.6 is 7.82 Å². The summed E-state index contributed by atoms with van der Waals surface area (Å²) in [6.07, 6.45) is 0.145. The number of aliphatic hydroxyl groups excluding tert-OH is 1. The minimum Gasteiger partial charge on any atom is -0.389 e. The maximum absolute atomic E-state index is 11.7. The monoisotopic (exact) mass is 334 g/mol. The Kier molecular flexibility index (Phi) is 4.52. The maximum atomic E-state index is 11.7. The third-order valence-electron chi connectivity index (χ3n) is 3.31. The lowest BCUT2D eigenvalue weighted by Gasteiger charge is -2.28. The van der Waals surface area contributed by atoms with Crippen molar-refractivity contribution < 1.29 is 28.7 Å². The zero-order chi connectivity index (χ0) is 16.5. The largest absolute Gasteiger partial charge is 0.469 e. The molecular weight excluding hydrogens is 319 g/mol. The Morgan fingerprint density at radius 1 is 1.59 bits per heavy atom. The van der Waals surface area contributed by atoms with Gasteiger partial charge in [0.05, 0.1) is 12.7 Å². The summed E-state index contributed by atoms with van der Waals surface area (Å²) in [5, 5.41) is 10.1. The highest BCUT2D eigenvalue weighted by Crippen LogP contribution is 2.42. The Hall–Kier alpha value is -1.55. The molecule has 4 N–H and O–H groups in total. The molecule has 11 heteroatoms. The summed E-state index contributed by atoms with van der Waals surface area (Å²) in [6.45, 7) is 2.83. The van der Waals surface area contributed by atoms with E-state index in [1.54, 1.807) is 0 Å². The van der Waals surface area contributed by atoms with E-state index < -0.39 is 43.6 Å². The third-order valence-corrected chi connectivity index (χ3v) is 3.78. The molecule has 10 nitrogen and oxygen atoms in total. The van der Waals surface area contributed by atoms with Gasteiger partial charge in [-0.15, -0.1) is 6.58 Å². The summed E-state index contributed by atoms with van der Waals surface area (Å²) in [7, 11) is -4.76. The van der Waals surface area contributed by atoms with Gasteiger partial charge in [-0.3, -0.25) is 18.9 Å². The van der Waals surface area contributed by atoms with Crippen LogP contribution < -0.4 is 11.2 Å². The molecule has 2 heterocycles. The third kappa shape index (κ3) is 3.43. The minimum absolute atomic E-state index is 0.0531. The number of phosphoric ester groups is 1. The molecule has 1 fully saturated rings. The van der Waals surface area contributed by atoms with E-state index in [-0.39, 0.29) is 6.42 Å². The summed E-state index contributed by atoms with van der Waals surface area (Å²) in [4.78, 5) is 42.3. The van der Waals surface area contributed by atoms with Gasteiger partial charge in [-0.05, 0) is 0 Å². The van der Waals surface area contributed by atoms with Crippen LogP contribution in [0.15, 0.2) is 34.5 Å². The van der Waals surface area contributed by atoms with Crippen molar-refractivity contribution >= 4 is 7.82 Å². The van der Waals surface area contributed by atoms with Crippen LogP contribution in [0.2, 0.25) is 0 Å². The van der Waals surface area contributed by atoms with E-state index in [4.69, 9.17) is 14.5 Å². The SMILES string of the molecule is C=C[C@]1(COP(=O)(O)O)O[C@@H](n2ccc(=O)[nH]c2=O)C[C@@H]1O. The number of hydrogen-bond acceptors (Lipinski definition) is 6. The van der Waals surface area contributed by atoms with Crippen LogP contribution in [-0.4, -0.2) is 42.8 Å². The number of aromatic nitrogens is 2. The van der Waals surface area contributed by atoms with Gasteiger partial charge in [0.15, 0.2) is 0 Å². The second kappa shape index (κ2) is 5.92. The van der Waals surface area contributed by atoms with Crippen LogP contribution in [0.1, 0.15) is 12.6 Å². The van der Waals surface area contributed by atoms with Crippen molar-refractivity contribution in [2.45, 2.75) is 24.4 Å². The second-order valence-electron chi connectivity index (χ2n) is 4.76. The molecule has 0 bridgehead atoms. The Labute approximate surface area is 123 Å². The molecule has 3 atom stereocenters. The minimum atomic E-state index is -4.76. The molecule has 1 saturated heterocycles. The summed E-state index contributed by atoms with van der Waals surface area (Å²) < 4.78 is 21.7. The van der Waals surface area contributed by atoms with Crippen molar-refractivity contribution in [1.29, 1.82) is 0 Å². The standard InChI is InChI=1S/C11H15N2O8P/c1-2-11(6-20-22(17,18)19)7(14)5-9(21-11)13-4-3-8(15)12-10(13)16/h2-4,7,9,14H,1,5-6H2,(H,12,15,16)(H2,17,18,19)/t7-,9+,11+/m0/s1. The van der Waals surface area contributed by atoms with Crippen molar-refractivity contribution in [3.05, 3.63) is 45.8 Å². The molecule has 0 aliphatic carbocycles. The number of ether oxygens (including phenoxy) is 1. The van der Waals surface area contributed by atoms with E-state index in [1.807, 2.05) is 4.98 Å². The second-order valence-corrected chi connectivity index (χ2v) is 6.00. The van der Waals surface area contributed by atoms with Crippen LogP contribution in [-0.2, 0) is 13.8 Å². The quantitative estimate of drug-likeness (QED) is 0.389. The predicted molar refractivity (Wildman–Crippen MR) is 73.0 cm³/mol. The van der Waals surface area contributed by atoms with Crippen LogP contribution in [0, 0.1) is 0 Å². The molecule has 0 saturated carbocycles. The highest BCUT2D eigenvalue weighted by atomic mass is 31.2. The van der Waals surface area contributed by atoms with Crippen molar-refractivity contribution in [2.75, 3.05) is 6.61 Å². The zero-order valence-electron chi connectivity index (χ0n) is 11.3. The summed E-state index contributed by atoms with van der Waals surface area (Å²) in [5.41, 5.74) is -2.90. The molecule has 0 spiro atoms. The first-order valence-corrected chi connectivity index (χ1v) is 7.71. The highest BCUT2D eigenvalue weighted by molar-refractivity contribution is 7.46. The zero-order valence-corrected chi connectivity index (χ0v) is 12.2. The molecule has 0 aromatic carbocycles. The van der Waals surface area contributed by atoms with Gasteiger partial charge >= 0.3 is 13.5 Å². The number of aliphatic hydroxyl groups is 1. The molecule has 1 aliphatic heterocycles. The lowest BCUT2D eigenvalue weighted by Crippen LogP contribution is -2.42. The summed E-state index contributed by atoms with van der Waals surface area (Å²) >= 11 is 0. The summed E-state index contributed by atoms with van der Waals surface area (Å²) in [5.74, 6) is 0. The smallest absolute Gasteiger partial charge is 0.389 e. The average Bonchev–Trinajstić information content (AvgIpc) is 2.73. The van der Waals surface area contributed by atoms with Crippen LogP contribution in [0.3, 0.4) is 0 Å². The fourth-order valence-corrected chi connectivity index (χ4v) is 2.52. The van der Waals surface area contributed by atoms with E-state index in [0.717, 1.165) is 16.7 Å². The number of rotatable bonds is 5. The normalized spacial score (nSPS) is 28.7. The first kappa shape index (κ1) is 16.8. The molecule has 0 radical (unpaired) electrons. The van der Waals surface area contributed by atoms with Gasteiger partial charge in [0.2, 0.25) is 0 Å². The number of phosphoric acid groups is 1.